The second-order valence-electron chi connectivity index (χ2n) is 8.12. The monoisotopic (exact) mass is 378 g/mol. The van der Waals surface area contributed by atoms with Crippen LogP contribution >= 0.6 is 0 Å². The van der Waals surface area contributed by atoms with Crippen molar-refractivity contribution in [2.75, 3.05) is 19.8 Å². The zero-order chi connectivity index (χ0) is 19.3. The van der Waals surface area contributed by atoms with Crippen molar-refractivity contribution in [2.24, 2.45) is 5.92 Å². The number of amides is 1. The molecule has 0 radical (unpaired) electrons. The van der Waals surface area contributed by atoms with Gasteiger partial charge in [0.2, 0.25) is 10.0 Å². The van der Waals surface area contributed by atoms with Gasteiger partial charge < -0.3 is 15.2 Å². The van der Waals surface area contributed by atoms with E-state index >= 15 is 0 Å². The van der Waals surface area contributed by atoms with E-state index in [-0.39, 0.29) is 0 Å². The molecule has 1 aliphatic rings. The molecule has 0 unspecified atom stereocenters. The topological polar surface area (TPSA) is 95.9 Å². The van der Waals surface area contributed by atoms with E-state index in [0.717, 1.165) is 30.0 Å². The number of carbonyl (C=O) groups excluding carboxylic acids is 1. The normalized spacial score (nSPS) is 19.5. The summed E-state index contributed by atoms with van der Waals surface area (Å²) in [5.41, 5.74) is -0.653. The summed E-state index contributed by atoms with van der Waals surface area (Å²) in [7, 11) is -0.703. The summed E-state index contributed by atoms with van der Waals surface area (Å²) in [6.45, 7) is 5.28. The molecule has 0 heterocycles. The van der Waals surface area contributed by atoms with Gasteiger partial charge in [-0.2, -0.15) is 0 Å². The lowest BCUT2D eigenvalue weighted by Crippen LogP contribution is -2.49. The highest BCUT2D eigenvalue weighted by Gasteiger charge is 2.31. The highest BCUT2D eigenvalue weighted by molar-refractivity contribution is 7.89. The first-order chi connectivity index (χ1) is 11.4. The lowest BCUT2D eigenvalue weighted by Gasteiger charge is -2.31. The number of aliphatic hydroxyl groups is 1. The smallest absolute Gasteiger partial charge is 0.407 e. The molecule has 25 heavy (non-hydrogen) atoms. The Labute approximate surface area is 152 Å². The number of sulfonamides is 1. The van der Waals surface area contributed by atoms with Crippen LogP contribution in [-0.4, -0.2) is 61.5 Å². The molecule has 1 saturated carbocycles. The Balaban J connectivity index is 2.80. The number of aliphatic hydroxyl groups excluding tert-OH is 1. The van der Waals surface area contributed by atoms with Crippen molar-refractivity contribution in [3.05, 3.63) is 0 Å². The molecule has 1 rings (SSSR count). The van der Waals surface area contributed by atoms with Crippen molar-refractivity contribution in [2.45, 2.75) is 77.0 Å². The fourth-order valence-electron chi connectivity index (χ4n) is 3.03. The van der Waals surface area contributed by atoms with Crippen LogP contribution in [0.25, 0.3) is 0 Å². The van der Waals surface area contributed by atoms with Gasteiger partial charge in [-0.1, -0.05) is 32.1 Å². The maximum Gasteiger partial charge on any atom is 0.407 e. The Morgan fingerprint density at radius 1 is 1.24 bits per heavy atom. The summed E-state index contributed by atoms with van der Waals surface area (Å²) in [5, 5.41) is 13.2. The van der Waals surface area contributed by atoms with E-state index < -0.39 is 39.6 Å². The van der Waals surface area contributed by atoms with Crippen molar-refractivity contribution >= 4 is 16.1 Å². The molecule has 7 nitrogen and oxygen atoms in total. The van der Waals surface area contributed by atoms with E-state index in [1.165, 1.54) is 20.5 Å². The number of hydrogen-bond acceptors (Lipinski definition) is 5. The van der Waals surface area contributed by atoms with Gasteiger partial charge in [-0.15, -0.1) is 0 Å². The highest BCUT2D eigenvalue weighted by atomic mass is 32.2. The fraction of sp³-hybridized carbons (Fsp3) is 0.941. The summed E-state index contributed by atoms with van der Waals surface area (Å²) < 4.78 is 30.5. The minimum Gasteiger partial charge on any atom is -0.444 e. The molecule has 0 aromatic carbocycles. The average Bonchev–Trinajstić information content (AvgIpc) is 2.45. The van der Waals surface area contributed by atoms with Crippen LogP contribution < -0.4 is 5.32 Å². The highest BCUT2D eigenvalue weighted by Crippen LogP contribution is 2.28. The lowest BCUT2D eigenvalue weighted by molar-refractivity contribution is 0.0413. The summed E-state index contributed by atoms with van der Waals surface area (Å²) >= 11 is 0. The van der Waals surface area contributed by atoms with Crippen LogP contribution in [0.4, 0.5) is 4.79 Å². The van der Waals surface area contributed by atoms with Gasteiger partial charge in [-0.25, -0.2) is 17.5 Å². The number of rotatable bonds is 7. The maximum atomic E-state index is 12.1. The lowest BCUT2D eigenvalue weighted by atomic mass is 9.84. The first-order valence-electron chi connectivity index (χ1n) is 8.98. The zero-order valence-corrected chi connectivity index (χ0v) is 16.9. The van der Waals surface area contributed by atoms with Crippen molar-refractivity contribution in [3.8, 4) is 0 Å². The molecule has 148 valence electrons. The molecule has 0 saturated heterocycles. The minimum absolute atomic E-state index is 0.380. The third-order valence-electron chi connectivity index (χ3n) is 4.42. The van der Waals surface area contributed by atoms with Crippen LogP contribution in [0, 0.1) is 5.92 Å². The largest absolute Gasteiger partial charge is 0.444 e. The van der Waals surface area contributed by atoms with Crippen LogP contribution in [-0.2, 0) is 14.8 Å². The van der Waals surface area contributed by atoms with Gasteiger partial charge in [0, 0.05) is 14.1 Å². The summed E-state index contributed by atoms with van der Waals surface area (Å²) in [6.07, 6.45) is 4.31. The second-order valence-corrected chi connectivity index (χ2v) is 10.3. The van der Waals surface area contributed by atoms with Gasteiger partial charge in [-0.3, -0.25) is 0 Å². The summed E-state index contributed by atoms with van der Waals surface area (Å²) in [4.78, 5) is 12.1. The maximum absolute atomic E-state index is 12.1. The molecule has 0 aliphatic heterocycles. The standard InChI is InChI=1S/C17H34N2O5S/c1-17(2,3)24-16(21)18-14(11-13-9-7-6-8-10-13)15(20)12-25(22,23)19(4)5/h13-15,20H,6-12H2,1-5H3,(H,18,21)/t14-,15-/m0/s1. The molecule has 1 aliphatic carbocycles. The first kappa shape index (κ1) is 22.2. The van der Waals surface area contributed by atoms with E-state index in [4.69, 9.17) is 4.74 Å². The number of carbonyl (C=O) groups is 1. The zero-order valence-electron chi connectivity index (χ0n) is 16.1. The van der Waals surface area contributed by atoms with Gasteiger partial charge in [0.25, 0.3) is 0 Å². The molecule has 1 amide bonds. The van der Waals surface area contributed by atoms with Gasteiger partial charge in [0.05, 0.1) is 17.9 Å². The van der Waals surface area contributed by atoms with Gasteiger partial charge >= 0.3 is 6.09 Å². The SMILES string of the molecule is CN(C)S(=O)(=O)C[C@H](O)[C@H](CC1CCCCC1)NC(=O)OC(C)(C)C. The molecule has 1 fully saturated rings. The summed E-state index contributed by atoms with van der Waals surface area (Å²) in [5.74, 6) is -0.0434. The number of nitrogens with zero attached hydrogens (tertiary/aromatic N) is 1. The average molecular weight is 379 g/mol. The number of alkyl carbamates (subject to hydrolysis) is 1. The molecule has 0 aromatic rings. The van der Waals surface area contributed by atoms with E-state index in [1.807, 2.05) is 0 Å². The molecule has 8 heteroatoms. The second kappa shape index (κ2) is 9.19. The van der Waals surface area contributed by atoms with Crippen molar-refractivity contribution in [1.82, 2.24) is 9.62 Å². The minimum atomic E-state index is -3.56. The molecular formula is C17H34N2O5S. The van der Waals surface area contributed by atoms with E-state index in [9.17, 15) is 18.3 Å². The fourth-order valence-corrected chi connectivity index (χ4v) is 4.00. The summed E-state index contributed by atoms with van der Waals surface area (Å²) in [6, 6.07) is -0.646. The van der Waals surface area contributed by atoms with Crippen LogP contribution in [0.2, 0.25) is 0 Å². The number of ether oxygens (including phenoxy) is 1. The molecule has 0 aromatic heterocycles. The number of hydrogen-bond donors (Lipinski definition) is 2. The van der Waals surface area contributed by atoms with Crippen LogP contribution in [0.3, 0.4) is 0 Å². The van der Waals surface area contributed by atoms with Gasteiger partial charge in [-0.05, 0) is 33.1 Å². The van der Waals surface area contributed by atoms with E-state index in [2.05, 4.69) is 5.32 Å². The van der Waals surface area contributed by atoms with Gasteiger partial charge in [0.15, 0.2) is 0 Å². The Morgan fingerprint density at radius 2 is 1.80 bits per heavy atom. The van der Waals surface area contributed by atoms with E-state index in [0.29, 0.717) is 12.3 Å². The molecule has 2 atom stereocenters. The third-order valence-corrected chi connectivity index (χ3v) is 6.29. The number of nitrogens with one attached hydrogen (secondary N) is 1. The Kier molecular flexibility index (Phi) is 8.15. The van der Waals surface area contributed by atoms with Crippen LogP contribution in [0.1, 0.15) is 59.3 Å². The van der Waals surface area contributed by atoms with Crippen molar-refractivity contribution in [3.63, 3.8) is 0 Å². The van der Waals surface area contributed by atoms with Gasteiger partial charge in [0.1, 0.15) is 5.60 Å². The molecule has 0 bridgehead atoms. The first-order valence-corrected chi connectivity index (χ1v) is 10.6. The predicted octanol–water partition coefficient (Wildman–Crippen LogP) is 2.10. The van der Waals surface area contributed by atoms with Crippen molar-refractivity contribution < 1.29 is 23.1 Å². The Bertz CT molecular complexity index is 522. The predicted molar refractivity (Wildman–Crippen MR) is 97.8 cm³/mol. The van der Waals surface area contributed by atoms with Crippen LogP contribution in [0.5, 0.6) is 0 Å². The quantitative estimate of drug-likeness (QED) is 0.707. The molecule has 0 spiro atoms. The third kappa shape index (κ3) is 8.37. The molecular weight excluding hydrogens is 344 g/mol. The Morgan fingerprint density at radius 3 is 2.28 bits per heavy atom. The van der Waals surface area contributed by atoms with Crippen molar-refractivity contribution in [1.29, 1.82) is 0 Å². The Hall–Kier alpha value is -0.860. The van der Waals surface area contributed by atoms with E-state index in [1.54, 1.807) is 20.8 Å². The van der Waals surface area contributed by atoms with Crippen LogP contribution in [0.15, 0.2) is 0 Å². The molecule has 2 N–H and O–H groups in total.